The second-order valence-corrected chi connectivity index (χ2v) is 3.78. The normalized spacial score (nSPS) is 10.0. The average Bonchev–Trinajstić information content (AvgIpc) is 2.69. The zero-order chi connectivity index (χ0) is 10.7. The Kier molecular flexibility index (Phi) is 2.79. The summed E-state index contributed by atoms with van der Waals surface area (Å²) in [6.45, 7) is 1.89. The van der Waals surface area contributed by atoms with E-state index in [9.17, 15) is 0 Å². The third kappa shape index (κ3) is 2.42. The number of aryl methyl sites for hydroxylation is 1. The molecule has 2 aromatic rings. The van der Waals surface area contributed by atoms with Gasteiger partial charge in [-0.1, -0.05) is 0 Å². The number of aromatic nitrogens is 2. The molecule has 0 saturated heterocycles. The molecule has 0 spiro atoms. The smallest absolute Gasteiger partial charge is 0.239 e. The van der Waals surface area contributed by atoms with Crippen LogP contribution in [0.5, 0.6) is 0 Å². The van der Waals surface area contributed by atoms with Gasteiger partial charge in [-0.15, -0.1) is 0 Å². The van der Waals surface area contributed by atoms with Gasteiger partial charge in [-0.2, -0.15) is 16.3 Å². The molecule has 0 bridgehead atoms. The van der Waals surface area contributed by atoms with E-state index in [1.807, 2.05) is 29.8 Å². The molecular formula is C9H11N5S. The van der Waals surface area contributed by atoms with Crippen molar-refractivity contribution < 1.29 is 0 Å². The second-order valence-electron chi connectivity index (χ2n) is 3.00. The molecule has 6 heteroatoms. The van der Waals surface area contributed by atoms with Crippen LogP contribution in [0.1, 0.15) is 5.69 Å². The molecule has 5 nitrogen and oxygen atoms in total. The second kappa shape index (κ2) is 4.24. The lowest BCUT2D eigenvalue weighted by Crippen LogP contribution is -2.11. The van der Waals surface area contributed by atoms with Gasteiger partial charge in [0.2, 0.25) is 5.95 Å². The molecule has 78 valence electrons. The summed E-state index contributed by atoms with van der Waals surface area (Å²) in [6.07, 6.45) is 0. The van der Waals surface area contributed by atoms with E-state index in [0.29, 0.717) is 5.95 Å². The van der Waals surface area contributed by atoms with Crippen molar-refractivity contribution >= 4 is 28.8 Å². The molecule has 2 aromatic heterocycles. The SMILES string of the molecule is Cc1cc(Nc2ccsc2)nc(NN)n1. The first-order valence-corrected chi connectivity index (χ1v) is 5.34. The molecule has 4 N–H and O–H groups in total. The largest absolute Gasteiger partial charge is 0.339 e. The highest BCUT2D eigenvalue weighted by Crippen LogP contribution is 2.18. The lowest BCUT2D eigenvalue weighted by Gasteiger charge is -2.06. The van der Waals surface area contributed by atoms with Crippen LogP contribution >= 0.6 is 11.3 Å². The summed E-state index contributed by atoms with van der Waals surface area (Å²) in [5.74, 6) is 6.40. The predicted molar refractivity (Wildman–Crippen MR) is 62.2 cm³/mol. The van der Waals surface area contributed by atoms with Gasteiger partial charge in [0.15, 0.2) is 0 Å². The number of anilines is 3. The van der Waals surface area contributed by atoms with E-state index >= 15 is 0 Å². The Balaban J connectivity index is 2.24. The average molecular weight is 221 g/mol. The number of hydrogen-bond donors (Lipinski definition) is 3. The number of nitrogens with two attached hydrogens (primary N) is 1. The van der Waals surface area contributed by atoms with Crippen LogP contribution in [0.3, 0.4) is 0 Å². The van der Waals surface area contributed by atoms with Gasteiger partial charge in [0, 0.05) is 17.1 Å². The fourth-order valence-electron chi connectivity index (χ4n) is 1.18. The summed E-state index contributed by atoms with van der Waals surface area (Å²) in [4.78, 5) is 8.27. The van der Waals surface area contributed by atoms with Crippen molar-refractivity contribution in [2.75, 3.05) is 10.7 Å². The van der Waals surface area contributed by atoms with Crippen molar-refractivity contribution in [1.82, 2.24) is 9.97 Å². The highest BCUT2D eigenvalue weighted by Gasteiger charge is 2.01. The number of nitrogens with zero attached hydrogens (tertiary/aromatic N) is 2. The number of rotatable bonds is 3. The molecule has 0 fully saturated rings. The van der Waals surface area contributed by atoms with Gasteiger partial charge in [0.25, 0.3) is 0 Å². The first-order valence-electron chi connectivity index (χ1n) is 4.39. The van der Waals surface area contributed by atoms with Crippen LogP contribution in [-0.2, 0) is 0 Å². The molecule has 0 atom stereocenters. The quantitative estimate of drug-likeness (QED) is 0.545. The number of hydrazine groups is 1. The zero-order valence-electron chi connectivity index (χ0n) is 8.19. The first-order chi connectivity index (χ1) is 7.28. The monoisotopic (exact) mass is 221 g/mol. The van der Waals surface area contributed by atoms with Crippen molar-refractivity contribution in [2.24, 2.45) is 5.84 Å². The molecule has 2 rings (SSSR count). The van der Waals surface area contributed by atoms with E-state index in [1.165, 1.54) is 0 Å². The van der Waals surface area contributed by atoms with Gasteiger partial charge in [-0.3, -0.25) is 5.43 Å². The molecule has 0 unspecified atom stereocenters. The lowest BCUT2D eigenvalue weighted by atomic mass is 10.4. The molecule has 0 aliphatic carbocycles. The lowest BCUT2D eigenvalue weighted by molar-refractivity contribution is 1.07. The minimum absolute atomic E-state index is 0.410. The van der Waals surface area contributed by atoms with Crippen LogP contribution in [0.15, 0.2) is 22.9 Å². The highest BCUT2D eigenvalue weighted by atomic mass is 32.1. The van der Waals surface area contributed by atoms with Crippen molar-refractivity contribution in [1.29, 1.82) is 0 Å². The van der Waals surface area contributed by atoms with Crippen LogP contribution in [0.2, 0.25) is 0 Å². The van der Waals surface area contributed by atoms with E-state index in [0.717, 1.165) is 17.2 Å². The first kappa shape index (κ1) is 9.88. The molecule has 0 saturated carbocycles. The molecule has 0 amide bonds. The van der Waals surface area contributed by atoms with E-state index in [2.05, 4.69) is 20.7 Å². The Bertz CT molecular complexity index is 440. The van der Waals surface area contributed by atoms with Crippen LogP contribution in [0.25, 0.3) is 0 Å². The van der Waals surface area contributed by atoms with E-state index in [4.69, 9.17) is 5.84 Å². The Morgan fingerprint density at radius 2 is 2.27 bits per heavy atom. The van der Waals surface area contributed by atoms with Crippen LogP contribution in [-0.4, -0.2) is 9.97 Å². The Morgan fingerprint density at radius 3 is 2.93 bits per heavy atom. The highest BCUT2D eigenvalue weighted by molar-refractivity contribution is 7.08. The van der Waals surface area contributed by atoms with E-state index in [1.54, 1.807) is 11.3 Å². The fourth-order valence-corrected chi connectivity index (χ4v) is 1.77. The van der Waals surface area contributed by atoms with Crippen molar-refractivity contribution in [2.45, 2.75) is 6.92 Å². The van der Waals surface area contributed by atoms with Crippen molar-refractivity contribution in [3.8, 4) is 0 Å². The van der Waals surface area contributed by atoms with E-state index in [-0.39, 0.29) is 0 Å². The maximum Gasteiger partial charge on any atom is 0.239 e. The van der Waals surface area contributed by atoms with Crippen LogP contribution < -0.4 is 16.6 Å². The van der Waals surface area contributed by atoms with Gasteiger partial charge in [0.1, 0.15) is 5.82 Å². The maximum absolute atomic E-state index is 5.26. The fraction of sp³-hybridized carbons (Fsp3) is 0.111. The molecule has 15 heavy (non-hydrogen) atoms. The molecule has 0 aromatic carbocycles. The molecular weight excluding hydrogens is 210 g/mol. The molecule has 0 aliphatic rings. The summed E-state index contributed by atoms with van der Waals surface area (Å²) in [5.41, 5.74) is 4.30. The zero-order valence-corrected chi connectivity index (χ0v) is 9.01. The van der Waals surface area contributed by atoms with E-state index < -0.39 is 0 Å². The Hall–Kier alpha value is -1.66. The third-order valence-electron chi connectivity index (χ3n) is 1.78. The maximum atomic E-state index is 5.26. The summed E-state index contributed by atoms with van der Waals surface area (Å²) in [6, 6.07) is 3.84. The van der Waals surface area contributed by atoms with Gasteiger partial charge in [-0.05, 0) is 18.4 Å². The third-order valence-corrected chi connectivity index (χ3v) is 2.46. The summed E-state index contributed by atoms with van der Waals surface area (Å²) in [7, 11) is 0. The standard InChI is InChI=1S/C9H11N5S/c1-6-4-8(13-9(11-6)14-10)12-7-2-3-15-5-7/h2-5H,10H2,1H3,(H2,11,12,13,14). The van der Waals surface area contributed by atoms with Gasteiger partial charge in [-0.25, -0.2) is 10.8 Å². The summed E-state index contributed by atoms with van der Waals surface area (Å²) in [5, 5.41) is 7.17. The topological polar surface area (TPSA) is 75.9 Å². The minimum atomic E-state index is 0.410. The van der Waals surface area contributed by atoms with Crippen LogP contribution in [0.4, 0.5) is 17.5 Å². The predicted octanol–water partition coefficient (Wildman–Crippen LogP) is 1.88. The minimum Gasteiger partial charge on any atom is -0.339 e. The summed E-state index contributed by atoms with van der Waals surface area (Å²) >= 11 is 1.63. The van der Waals surface area contributed by atoms with Gasteiger partial charge >= 0.3 is 0 Å². The van der Waals surface area contributed by atoms with Crippen LogP contribution in [0, 0.1) is 6.92 Å². The summed E-state index contributed by atoms with van der Waals surface area (Å²) < 4.78 is 0. The van der Waals surface area contributed by atoms with Crippen molar-refractivity contribution in [3.63, 3.8) is 0 Å². The molecule has 0 radical (unpaired) electrons. The number of nitrogen functional groups attached to an aromatic ring is 1. The number of hydrogen-bond acceptors (Lipinski definition) is 6. The number of thiophene rings is 1. The van der Waals surface area contributed by atoms with Gasteiger partial charge < -0.3 is 5.32 Å². The van der Waals surface area contributed by atoms with Crippen molar-refractivity contribution in [3.05, 3.63) is 28.6 Å². The number of nitrogens with one attached hydrogen (secondary N) is 2. The van der Waals surface area contributed by atoms with Gasteiger partial charge in [0.05, 0.1) is 5.69 Å². The Labute approximate surface area is 91.3 Å². The Morgan fingerprint density at radius 1 is 1.40 bits per heavy atom. The molecule has 0 aliphatic heterocycles. The molecule has 2 heterocycles.